The highest BCUT2D eigenvalue weighted by molar-refractivity contribution is 5.81. The van der Waals surface area contributed by atoms with Gasteiger partial charge >= 0.3 is 0 Å². The minimum Gasteiger partial charge on any atom is -0.240 e. The highest BCUT2D eigenvalue weighted by Gasteiger charge is 2.26. The van der Waals surface area contributed by atoms with E-state index >= 15 is 0 Å². The van der Waals surface area contributed by atoms with Crippen LogP contribution in [0, 0.1) is 78.2 Å². The molecule has 18 heteroatoms. The smallest absolute Gasteiger partial charge is 0.240 e. The Labute approximate surface area is 301 Å². The SMILES string of the molecule is [C-]#[N+]/C(=C1\N=c2cc([N+]#[C-])cc(C#N)c2=N1)c1nc(/C(C#N)=C2/N=c3cc(C#N)cc([N+]#[C-])c3=N2)nc(/C(C#N)=C2/N=c3cc([N+]#[C-])cc([N+]#[C-])c3=N2)n1. The number of hydrogen-bond donors (Lipinski definition) is 0. The molecule has 0 bridgehead atoms. The summed E-state index contributed by atoms with van der Waals surface area (Å²) >= 11 is 0. The fourth-order valence-corrected chi connectivity index (χ4v) is 5.22. The Morgan fingerprint density at radius 2 is 1.00 bits per heavy atom. The van der Waals surface area contributed by atoms with Crippen molar-refractivity contribution in [2.24, 2.45) is 30.0 Å². The van der Waals surface area contributed by atoms with Crippen LogP contribution in [0.1, 0.15) is 28.6 Å². The molecule has 3 aliphatic rings. The van der Waals surface area contributed by atoms with Gasteiger partial charge in [0, 0.05) is 5.56 Å². The molecule has 0 atom stereocenters. The maximum absolute atomic E-state index is 10.4. The van der Waals surface area contributed by atoms with E-state index in [4.69, 9.17) is 32.9 Å². The van der Waals surface area contributed by atoms with Gasteiger partial charge in [-0.3, -0.25) is 0 Å². The molecule has 0 saturated heterocycles. The van der Waals surface area contributed by atoms with E-state index < -0.39 is 23.2 Å². The second-order valence-electron chi connectivity index (χ2n) is 10.6. The van der Waals surface area contributed by atoms with Crippen LogP contribution in [0.2, 0.25) is 0 Å². The van der Waals surface area contributed by atoms with Gasteiger partial charge in [0.05, 0.1) is 71.3 Å². The molecule has 0 N–H and O–H groups in total. The standard InChI is InChI=1S/C36H6N18/c1-41-18-8-17(13-38)27-25(10-18)48-35(49-27)30(45-5)36-53-33(20(14-39)31-46-24-7-16(12-37)6-22(43-3)28(24)50-31)52-34(54-36)21(15-40)32-47-26-11-19(42-2)9-23(44-4)29(26)51-32/h6-11H/b31-20-,32-21-,35-30+. The summed E-state index contributed by atoms with van der Waals surface area (Å²) in [5, 5.41) is 40.7. The molecule has 54 heavy (non-hydrogen) atoms. The van der Waals surface area contributed by atoms with Crippen LogP contribution in [-0.2, 0) is 0 Å². The van der Waals surface area contributed by atoms with Gasteiger partial charge in [-0.1, -0.05) is 0 Å². The van der Waals surface area contributed by atoms with Crippen molar-refractivity contribution in [2.45, 2.75) is 0 Å². The van der Waals surface area contributed by atoms with Crippen LogP contribution < -0.4 is 32.1 Å². The maximum Gasteiger partial charge on any atom is 0.274 e. The molecule has 3 aliphatic heterocycles. The molecule has 240 valence electrons. The number of nitrogens with zero attached hydrogens (tertiary/aromatic N) is 18. The minimum absolute atomic E-state index is 0.0000409. The summed E-state index contributed by atoms with van der Waals surface area (Å²) in [5.74, 6) is -2.02. The van der Waals surface area contributed by atoms with Crippen LogP contribution in [0.4, 0.5) is 22.7 Å². The molecule has 4 heterocycles. The van der Waals surface area contributed by atoms with Crippen LogP contribution in [0.5, 0.6) is 0 Å². The van der Waals surface area contributed by atoms with Gasteiger partial charge in [-0.15, -0.1) is 0 Å². The zero-order valence-electron chi connectivity index (χ0n) is 26.5. The lowest BCUT2D eigenvalue weighted by atomic mass is 10.2. The lowest BCUT2D eigenvalue weighted by Crippen LogP contribution is -2.24. The van der Waals surface area contributed by atoms with Gasteiger partial charge in [0.15, 0.2) is 46.3 Å². The van der Waals surface area contributed by atoms with Crippen molar-refractivity contribution >= 4 is 39.6 Å². The zero-order valence-corrected chi connectivity index (χ0v) is 26.5. The third kappa shape index (κ3) is 5.28. The summed E-state index contributed by atoms with van der Waals surface area (Å²) in [7, 11) is 0. The lowest BCUT2D eigenvalue weighted by Gasteiger charge is -2.07. The first-order valence-electron chi connectivity index (χ1n) is 14.6. The number of rotatable bonds is 3. The largest absolute Gasteiger partial charge is 0.274 e. The molecular formula is C36H6N18. The third-order valence-corrected chi connectivity index (χ3v) is 7.57. The van der Waals surface area contributed by atoms with Crippen LogP contribution >= 0.6 is 0 Å². The second-order valence-corrected chi connectivity index (χ2v) is 10.6. The summed E-state index contributed by atoms with van der Waals surface area (Å²) in [6, 6.07) is 15.9. The van der Waals surface area contributed by atoms with E-state index in [1.807, 2.05) is 24.3 Å². The Balaban J connectivity index is 1.54. The van der Waals surface area contributed by atoms with Crippen molar-refractivity contribution in [1.29, 1.82) is 21.0 Å². The third-order valence-electron chi connectivity index (χ3n) is 7.57. The number of aromatic nitrogens is 3. The summed E-state index contributed by atoms with van der Waals surface area (Å²) in [6.45, 7) is 37.9. The normalized spacial score (nSPS) is 14.9. The first-order valence-corrected chi connectivity index (χ1v) is 14.6. The Bertz CT molecular complexity index is 3050. The van der Waals surface area contributed by atoms with Crippen molar-refractivity contribution < 1.29 is 0 Å². The molecule has 1 aromatic heterocycles. The summed E-state index contributed by atoms with van der Waals surface area (Å²) in [6.07, 6.45) is 0. The molecule has 4 aromatic rings. The predicted octanol–water partition coefficient (Wildman–Crippen LogP) is 2.61. The van der Waals surface area contributed by atoms with Crippen LogP contribution in [0.3, 0.4) is 0 Å². The Kier molecular flexibility index (Phi) is 7.77. The molecule has 0 radical (unpaired) electrons. The quantitative estimate of drug-likeness (QED) is 0.230. The van der Waals surface area contributed by atoms with Crippen molar-refractivity contribution in [3.63, 3.8) is 0 Å². The monoisotopic (exact) mass is 690 g/mol. The summed E-state index contributed by atoms with van der Waals surface area (Å²) in [5.41, 5.74) is -0.758. The molecule has 0 amide bonds. The number of hydrogen-bond acceptors (Lipinski definition) is 13. The number of benzene rings is 3. The van der Waals surface area contributed by atoms with E-state index in [1.54, 1.807) is 0 Å². The van der Waals surface area contributed by atoms with Crippen LogP contribution in [0.25, 0.3) is 41.1 Å². The molecule has 18 nitrogen and oxygen atoms in total. The second kappa shape index (κ2) is 12.9. The van der Waals surface area contributed by atoms with Crippen molar-refractivity contribution in [3.8, 4) is 24.3 Å². The van der Waals surface area contributed by atoms with Crippen molar-refractivity contribution in [1.82, 2.24) is 15.0 Å². The summed E-state index contributed by atoms with van der Waals surface area (Å²) < 4.78 is 0. The van der Waals surface area contributed by atoms with Gasteiger partial charge in [0.1, 0.15) is 34.7 Å². The average molecular weight is 691 g/mol. The van der Waals surface area contributed by atoms with Gasteiger partial charge < -0.3 is 0 Å². The molecule has 7 rings (SSSR count). The number of allylic oxidation sites excluding steroid dienone is 2. The highest BCUT2D eigenvalue weighted by Crippen LogP contribution is 2.28. The van der Waals surface area contributed by atoms with Crippen LogP contribution in [-0.4, -0.2) is 15.0 Å². The molecule has 0 aliphatic carbocycles. The van der Waals surface area contributed by atoms with Gasteiger partial charge in [0.2, 0.25) is 11.4 Å². The topological polar surface area (TPSA) is 230 Å². The molecule has 0 spiro atoms. The van der Waals surface area contributed by atoms with Gasteiger partial charge in [0.25, 0.3) is 5.70 Å². The fourth-order valence-electron chi connectivity index (χ4n) is 5.22. The van der Waals surface area contributed by atoms with Gasteiger partial charge in [-0.2, -0.15) is 21.0 Å². The Hall–Kier alpha value is -9.90. The van der Waals surface area contributed by atoms with E-state index in [1.165, 1.54) is 36.4 Å². The highest BCUT2D eigenvalue weighted by atomic mass is 15.1. The summed E-state index contributed by atoms with van der Waals surface area (Å²) in [4.78, 5) is 56.3. The fraction of sp³-hybridized carbons (Fsp3) is 0. The zero-order chi connectivity index (χ0) is 38.1. The predicted molar refractivity (Wildman–Crippen MR) is 179 cm³/mol. The first kappa shape index (κ1) is 32.6. The van der Waals surface area contributed by atoms with Crippen molar-refractivity contribution in [2.75, 3.05) is 0 Å². The van der Waals surface area contributed by atoms with E-state index in [-0.39, 0.29) is 94.6 Å². The average Bonchev–Trinajstić information content (AvgIpc) is 3.94. The Morgan fingerprint density at radius 1 is 0.500 bits per heavy atom. The van der Waals surface area contributed by atoms with Gasteiger partial charge in [-0.25, -0.2) is 69.1 Å². The molecular weight excluding hydrogens is 685 g/mol. The van der Waals surface area contributed by atoms with Crippen molar-refractivity contribution in [3.05, 3.63) is 172 Å². The first-order chi connectivity index (χ1) is 26.3. The van der Waals surface area contributed by atoms with Gasteiger partial charge in [-0.05, 0) is 36.4 Å². The lowest BCUT2D eigenvalue weighted by molar-refractivity contribution is 0.958. The molecule has 3 aromatic carbocycles. The number of fused-ring (bicyclic) bond motifs is 3. The molecule has 0 saturated carbocycles. The molecule has 0 fully saturated rings. The van der Waals surface area contributed by atoms with E-state index in [0.29, 0.717) is 0 Å². The minimum atomic E-state index is -0.428. The van der Waals surface area contributed by atoms with E-state index in [0.717, 1.165) is 0 Å². The maximum atomic E-state index is 10.4. The Morgan fingerprint density at radius 3 is 1.52 bits per heavy atom. The van der Waals surface area contributed by atoms with E-state index in [9.17, 15) is 21.0 Å². The number of nitriles is 4. The molecule has 0 unspecified atom stereocenters. The van der Waals surface area contributed by atoms with E-state index in [2.05, 4.69) is 69.1 Å². The van der Waals surface area contributed by atoms with Crippen LogP contribution in [0.15, 0.2) is 83.8 Å².